The van der Waals surface area contributed by atoms with Gasteiger partial charge >= 0.3 is 0 Å². The molecule has 2 N–H and O–H groups in total. The topological polar surface area (TPSA) is 49.8 Å². The summed E-state index contributed by atoms with van der Waals surface area (Å²) in [5.74, 6) is 5.74. The molecule has 2 heterocycles. The minimum absolute atomic E-state index is 0.342. The summed E-state index contributed by atoms with van der Waals surface area (Å²) in [5, 5.41) is 7.09. The Morgan fingerprint density at radius 3 is 2.67 bits per heavy atom. The van der Waals surface area contributed by atoms with E-state index in [1.165, 1.54) is 24.3 Å². The van der Waals surface area contributed by atoms with Gasteiger partial charge < -0.3 is 10.6 Å². The zero-order valence-corrected chi connectivity index (χ0v) is 14.5. The number of thioether (sulfide) groups is 1. The van der Waals surface area contributed by atoms with Gasteiger partial charge in [-0.05, 0) is 31.9 Å². The molecule has 5 heteroatoms. The van der Waals surface area contributed by atoms with Crippen molar-refractivity contribution in [2.75, 3.05) is 28.7 Å². The van der Waals surface area contributed by atoms with Crippen molar-refractivity contribution >= 4 is 23.4 Å². The third-order valence-corrected chi connectivity index (χ3v) is 4.94. The number of nitrogens with one attached hydrogen (secondary N) is 2. The maximum absolute atomic E-state index is 4.76. The summed E-state index contributed by atoms with van der Waals surface area (Å²) in [6, 6.07) is 0.538. The fourth-order valence-electron chi connectivity index (χ4n) is 2.40. The Bertz CT molecular complexity index is 456. The van der Waals surface area contributed by atoms with Crippen LogP contribution in [0, 0.1) is 6.92 Å². The average Bonchev–Trinajstić information content (AvgIpc) is 2.49. The highest BCUT2D eigenvalue weighted by atomic mass is 32.2. The number of rotatable bonds is 6. The first kappa shape index (κ1) is 16.4. The van der Waals surface area contributed by atoms with E-state index in [1.54, 1.807) is 0 Å². The van der Waals surface area contributed by atoms with Crippen molar-refractivity contribution in [2.45, 2.75) is 58.9 Å². The van der Waals surface area contributed by atoms with Crippen LogP contribution in [0.4, 0.5) is 11.6 Å². The molecule has 1 aromatic rings. The molecule has 0 bridgehead atoms. The minimum atomic E-state index is 0.342. The molecule has 21 heavy (non-hydrogen) atoms. The Balaban J connectivity index is 2.22. The third kappa shape index (κ3) is 4.50. The number of hydrogen-bond acceptors (Lipinski definition) is 5. The van der Waals surface area contributed by atoms with Crippen LogP contribution in [-0.4, -0.2) is 34.1 Å². The van der Waals surface area contributed by atoms with Crippen molar-refractivity contribution in [1.82, 2.24) is 9.97 Å². The van der Waals surface area contributed by atoms with Crippen LogP contribution in [0.2, 0.25) is 0 Å². The summed E-state index contributed by atoms with van der Waals surface area (Å²) < 4.78 is 0. The van der Waals surface area contributed by atoms with Crippen molar-refractivity contribution in [3.8, 4) is 0 Å². The molecular weight excluding hydrogens is 280 g/mol. The smallest absolute Gasteiger partial charge is 0.135 e. The molecule has 1 atom stereocenters. The number of nitrogens with zero attached hydrogens (tertiary/aromatic N) is 2. The van der Waals surface area contributed by atoms with Crippen LogP contribution >= 0.6 is 11.8 Å². The van der Waals surface area contributed by atoms with Crippen LogP contribution in [0.25, 0.3) is 0 Å². The molecule has 1 aromatic heterocycles. The van der Waals surface area contributed by atoms with E-state index in [1.807, 2.05) is 11.8 Å². The van der Waals surface area contributed by atoms with Crippen molar-refractivity contribution in [3.05, 3.63) is 11.4 Å². The fraction of sp³-hybridized carbons (Fsp3) is 0.750. The Hall–Kier alpha value is -0.970. The van der Waals surface area contributed by atoms with Crippen molar-refractivity contribution < 1.29 is 0 Å². The predicted octanol–water partition coefficient (Wildman–Crippen LogP) is 4.04. The maximum atomic E-state index is 4.76. The Morgan fingerprint density at radius 2 is 2.05 bits per heavy atom. The zero-order valence-electron chi connectivity index (χ0n) is 13.7. The molecule has 1 unspecified atom stereocenters. The normalized spacial score (nSPS) is 18.8. The summed E-state index contributed by atoms with van der Waals surface area (Å²) in [5.41, 5.74) is 1.14. The van der Waals surface area contributed by atoms with Gasteiger partial charge in [-0.3, -0.25) is 0 Å². The SMILES string of the molecule is CCCNc1nc(C(C)C)nc(NC2CCCSC2)c1C. The van der Waals surface area contributed by atoms with Crippen LogP contribution < -0.4 is 10.6 Å². The van der Waals surface area contributed by atoms with E-state index in [0.29, 0.717) is 12.0 Å². The van der Waals surface area contributed by atoms with Crippen LogP contribution in [0.3, 0.4) is 0 Å². The predicted molar refractivity (Wildman–Crippen MR) is 93.6 cm³/mol. The molecule has 1 saturated heterocycles. The molecule has 0 amide bonds. The van der Waals surface area contributed by atoms with E-state index < -0.39 is 0 Å². The molecule has 0 aliphatic carbocycles. The van der Waals surface area contributed by atoms with Gasteiger partial charge in [-0.15, -0.1) is 0 Å². The van der Waals surface area contributed by atoms with Crippen molar-refractivity contribution in [1.29, 1.82) is 0 Å². The highest BCUT2D eigenvalue weighted by Crippen LogP contribution is 2.26. The first-order valence-corrected chi connectivity index (χ1v) is 9.24. The fourth-order valence-corrected chi connectivity index (χ4v) is 3.47. The maximum Gasteiger partial charge on any atom is 0.135 e. The molecule has 0 saturated carbocycles. The summed E-state index contributed by atoms with van der Waals surface area (Å²) in [7, 11) is 0. The first-order valence-electron chi connectivity index (χ1n) is 8.08. The van der Waals surface area contributed by atoms with Gasteiger partial charge in [0.25, 0.3) is 0 Å². The lowest BCUT2D eigenvalue weighted by Gasteiger charge is -2.25. The molecule has 0 aromatic carbocycles. The molecule has 1 aliphatic heterocycles. The van der Waals surface area contributed by atoms with Crippen molar-refractivity contribution in [3.63, 3.8) is 0 Å². The van der Waals surface area contributed by atoms with E-state index in [4.69, 9.17) is 9.97 Å². The molecular formula is C16H28N4S. The van der Waals surface area contributed by atoms with Crippen LogP contribution in [-0.2, 0) is 0 Å². The summed E-state index contributed by atoms with van der Waals surface area (Å²) in [6.07, 6.45) is 3.64. The molecule has 118 valence electrons. The quantitative estimate of drug-likeness (QED) is 0.830. The molecule has 0 spiro atoms. The Morgan fingerprint density at radius 1 is 1.29 bits per heavy atom. The van der Waals surface area contributed by atoms with E-state index in [2.05, 4.69) is 38.3 Å². The van der Waals surface area contributed by atoms with Gasteiger partial charge in [0.1, 0.15) is 17.5 Å². The van der Waals surface area contributed by atoms with E-state index in [9.17, 15) is 0 Å². The van der Waals surface area contributed by atoms with Gasteiger partial charge in [0, 0.05) is 29.8 Å². The van der Waals surface area contributed by atoms with Gasteiger partial charge in [0.2, 0.25) is 0 Å². The van der Waals surface area contributed by atoms with Gasteiger partial charge in [0.15, 0.2) is 0 Å². The Kier molecular flexibility index (Phi) is 6.15. The van der Waals surface area contributed by atoms with Crippen LogP contribution in [0.5, 0.6) is 0 Å². The molecule has 0 radical (unpaired) electrons. The van der Waals surface area contributed by atoms with Crippen LogP contribution in [0.15, 0.2) is 0 Å². The lowest BCUT2D eigenvalue weighted by molar-refractivity contribution is 0.677. The molecule has 1 fully saturated rings. The van der Waals surface area contributed by atoms with E-state index >= 15 is 0 Å². The van der Waals surface area contributed by atoms with Gasteiger partial charge in [0.05, 0.1) is 0 Å². The van der Waals surface area contributed by atoms with Crippen molar-refractivity contribution in [2.24, 2.45) is 0 Å². The highest BCUT2D eigenvalue weighted by molar-refractivity contribution is 7.99. The van der Waals surface area contributed by atoms with E-state index in [0.717, 1.165) is 36.0 Å². The highest BCUT2D eigenvalue weighted by Gasteiger charge is 2.18. The lowest BCUT2D eigenvalue weighted by Crippen LogP contribution is -2.27. The molecule has 1 aliphatic rings. The summed E-state index contributed by atoms with van der Waals surface area (Å²) in [4.78, 5) is 9.46. The van der Waals surface area contributed by atoms with Gasteiger partial charge in [-0.1, -0.05) is 20.8 Å². The number of anilines is 2. The van der Waals surface area contributed by atoms with Gasteiger partial charge in [-0.25, -0.2) is 9.97 Å². The zero-order chi connectivity index (χ0) is 15.2. The minimum Gasteiger partial charge on any atom is -0.370 e. The lowest BCUT2D eigenvalue weighted by atomic mass is 10.1. The first-order chi connectivity index (χ1) is 10.1. The third-order valence-electron chi connectivity index (χ3n) is 3.72. The summed E-state index contributed by atoms with van der Waals surface area (Å²) >= 11 is 2.04. The van der Waals surface area contributed by atoms with Gasteiger partial charge in [-0.2, -0.15) is 11.8 Å². The molecule has 4 nitrogen and oxygen atoms in total. The monoisotopic (exact) mass is 308 g/mol. The second-order valence-corrected chi connectivity index (χ2v) is 7.19. The summed E-state index contributed by atoms with van der Waals surface area (Å²) in [6.45, 7) is 9.53. The Labute approximate surface area is 132 Å². The average molecular weight is 308 g/mol. The largest absolute Gasteiger partial charge is 0.370 e. The number of aromatic nitrogens is 2. The standard InChI is InChI=1S/C16H28N4S/c1-5-8-17-15-12(4)16(20-14(19-15)11(2)3)18-13-7-6-9-21-10-13/h11,13H,5-10H2,1-4H3,(H2,17,18,19,20). The van der Waals surface area contributed by atoms with Crippen LogP contribution in [0.1, 0.15) is 57.3 Å². The molecule has 2 rings (SSSR count). The second kappa shape index (κ2) is 7.87. The number of hydrogen-bond donors (Lipinski definition) is 2. The second-order valence-electron chi connectivity index (χ2n) is 6.04. The van der Waals surface area contributed by atoms with E-state index in [-0.39, 0.29) is 0 Å².